The predicted molar refractivity (Wildman–Crippen MR) is 61.1 cm³/mol. The third-order valence-electron chi connectivity index (χ3n) is 2.30. The number of nitrogen functional groups attached to an aromatic ring is 1. The van der Waals surface area contributed by atoms with E-state index >= 15 is 0 Å². The Morgan fingerprint density at radius 2 is 2.12 bits per heavy atom. The Balaban J connectivity index is 2.23. The fourth-order valence-electron chi connectivity index (χ4n) is 1.56. The van der Waals surface area contributed by atoms with Crippen LogP contribution in [0.3, 0.4) is 0 Å². The highest BCUT2D eigenvalue weighted by molar-refractivity contribution is 6.31. The van der Waals surface area contributed by atoms with Gasteiger partial charge < -0.3 is 14.7 Å². The van der Waals surface area contributed by atoms with Gasteiger partial charge in [-0.2, -0.15) is 0 Å². The van der Waals surface area contributed by atoms with Crippen molar-refractivity contribution in [2.45, 2.75) is 0 Å². The van der Waals surface area contributed by atoms with Crippen LogP contribution >= 0.6 is 11.6 Å². The van der Waals surface area contributed by atoms with Crippen LogP contribution in [0.2, 0.25) is 5.02 Å². The van der Waals surface area contributed by atoms with Gasteiger partial charge in [0.2, 0.25) is 5.76 Å². The van der Waals surface area contributed by atoms with E-state index in [4.69, 9.17) is 26.3 Å². The van der Waals surface area contributed by atoms with E-state index in [1.165, 1.54) is 6.20 Å². The van der Waals surface area contributed by atoms with Crippen LogP contribution < -0.4 is 5.73 Å². The van der Waals surface area contributed by atoms with Crippen LogP contribution in [0, 0.1) is 0 Å². The maximum Gasteiger partial charge on any atom is 0.224 e. The van der Waals surface area contributed by atoms with E-state index in [1.807, 2.05) is 12.1 Å². The van der Waals surface area contributed by atoms with Gasteiger partial charge in [0.15, 0.2) is 5.76 Å². The van der Waals surface area contributed by atoms with E-state index < -0.39 is 0 Å². The summed E-state index contributed by atoms with van der Waals surface area (Å²) in [6.45, 7) is 0. The summed E-state index contributed by atoms with van der Waals surface area (Å²) in [6.07, 6.45) is 1.44. The topological polar surface area (TPSA) is 65.2 Å². The Morgan fingerprint density at radius 3 is 2.88 bits per heavy atom. The summed E-state index contributed by atoms with van der Waals surface area (Å²) in [5, 5.41) is 5.16. The van der Waals surface area contributed by atoms with E-state index in [0.29, 0.717) is 22.2 Å². The van der Waals surface area contributed by atoms with Gasteiger partial charge in [-0.25, -0.2) is 0 Å². The van der Waals surface area contributed by atoms with Crippen LogP contribution in [0.25, 0.3) is 22.5 Å². The van der Waals surface area contributed by atoms with E-state index in [9.17, 15) is 0 Å². The Morgan fingerprint density at radius 1 is 1.25 bits per heavy atom. The molecule has 4 nitrogen and oxygen atoms in total. The summed E-state index contributed by atoms with van der Waals surface area (Å²) in [5.41, 5.74) is 6.86. The second kappa shape index (κ2) is 3.28. The third-order valence-corrected chi connectivity index (χ3v) is 2.54. The predicted octanol–water partition coefficient (Wildman–Crippen LogP) is 3.32. The number of nitrogens with two attached hydrogens (primary N) is 1. The second-order valence-electron chi connectivity index (χ2n) is 3.40. The van der Waals surface area contributed by atoms with E-state index in [-0.39, 0.29) is 0 Å². The van der Waals surface area contributed by atoms with Crippen LogP contribution in [0.5, 0.6) is 0 Å². The second-order valence-corrected chi connectivity index (χ2v) is 3.84. The maximum absolute atomic E-state index is 5.88. The quantitative estimate of drug-likeness (QED) is 0.701. The lowest BCUT2D eigenvalue weighted by molar-refractivity contribution is 0.421. The molecule has 0 aliphatic heterocycles. The molecule has 2 aromatic heterocycles. The lowest BCUT2D eigenvalue weighted by Crippen LogP contribution is -1.82. The van der Waals surface area contributed by atoms with Gasteiger partial charge in [0.1, 0.15) is 11.3 Å². The first kappa shape index (κ1) is 9.30. The smallest absolute Gasteiger partial charge is 0.224 e. The zero-order valence-corrected chi connectivity index (χ0v) is 8.86. The molecule has 0 fully saturated rings. The number of benzene rings is 1. The Hall–Kier alpha value is -1.94. The van der Waals surface area contributed by atoms with E-state index in [0.717, 1.165) is 11.0 Å². The molecule has 0 aliphatic carbocycles. The third kappa shape index (κ3) is 1.35. The van der Waals surface area contributed by atoms with Gasteiger partial charge in [0, 0.05) is 10.4 Å². The molecule has 2 heterocycles. The van der Waals surface area contributed by atoms with Crippen molar-refractivity contribution in [1.82, 2.24) is 5.16 Å². The molecular weight excluding hydrogens is 228 g/mol. The average Bonchev–Trinajstić information content (AvgIpc) is 2.82. The minimum atomic E-state index is 0.437. The molecule has 2 N–H and O–H groups in total. The Kier molecular flexibility index (Phi) is 1.91. The van der Waals surface area contributed by atoms with Gasteiger partial charge in [-0.15, -0.1) is 0 Å². The van der Waals surface area contributed by atoms with Gasteiger partial charge in [-0.3, -0.25) is 0 Å². The molecule has 0 amide bonds. The summed E-state index contributed by atoms with van der Waals surface area (Å²) < 4.78 is 10.6. The van der Waals surface area contributed by atoms with Crippen molar-refractivity contribution in [1.29, 1.82) is 0 Å². The molecule has 16 heavy (non-hydrogen) atoms. The van der Waals surface area contributed by atoms with Crippen molar-refractivity contribution in [3.8, 4) is 11.5 Å². The summed E-state index contributed by atoms with van der Waals surface area (Å²) in [7, 11) is 0. The van der Waals surface area contributed by atoms with Crippen LogP contribution in [-0.2, 0) is 0 Å². The molecule has 0 atom stereocenters. The zero-order chi connectivity index (χ0) is 11.1. The summed E-state index contributed by atoms with van der Waals surface area (Å²) in [5.74, 6) is 0.986. The molecule has 0 bridgehead atoms. The monoisotopic (exact) mass is 234 g/mol. The highest BCUT2D eigenvalue weighted by Gasteiger charge is 2.13. The molecule has 0 unspecified atom stereocenters. The standard InChI is InChI=1S/C11H7ClN2O2/c12-7-1-2-9-6(3-7)4-10(15-9)11-8(13)5-14-16-11/h1-5H,13H2. The van der Waals surface area contributed by atoms with E-state index in [1.54, 1.807) is 12.1 Å². The highest BCUT2D eigenvalue weighted by Crippen LogP contribution is 2.32. The number of hydrogen-bond acceptors (Lipinski definition) is 4. The lowest BCUT2D eigenvalue weighted by Gasteiger charge is -1.89. The van der Waals surface area contributed by atoms with Crippen LogP contribution in [0.1, 0.15) is 0 Å². The van der Waals surface area contributed by atoms with Gasteiger partial charge >= 0.3 is 0 Å². The zero-order valence-electron chi connectivity index (χ0n) is 8.11. The van der Waals surface area contributed by atoms with Gasteiger partial charge in [-0.05, 0) is 24.3 Å². The lowest BCUT2D eigenvalue weighted by atomic mass is 10.2. The number of rotatable bonds is 1. The first-order valence-electron chi connectivity index (χ1n) is 4.63. The molecule has 5 heteroatoms. The van der Waals surface area contributed by atoms with Crippen LogP contribution in [-0.4, -0.2) is 5.16 Å². The van der Waals surface area contributed by atoms with Gasteiger partial charge in [-0.1, -0.05) is 16.8 Å². The van der Waals surface area contributed by atoms with Gasteiger partial charge in [0.05, 0.1) is 6.20 Å². The van der Waals surface area contributed by atoms with Crippen molar-refractivity contribution in [2.75, 3.05) is 5.73 Å². The SMILES string of the molecule is Nc1cnoc1-c1cc2cc(Cl)ccc2o1. The number of halogens is 1. The van der Waals surface area contributed by atoms with Crippen molar-refractivity contribution in [3.05, 3.63) is 35.5 Å². The molecule has 0 spiro atoms. The van der Waals surface area contributed by atoms with Crippen LogP contribution in [0.15, 0.2) is 39.4 Å². The largest absolute Gasteiger partial charge is 0.453 e. The fourth-order valence-corrected chi connectivity index (χ4v) is 1.74. The Labute approximate surface area is 95.6 Å². The molecule has 0 saturated carbocycles. The summed E-state index contributed by atoms with van der Waals surface area (Å²) in [6, 6.07) is 7.20. The molecule has 3 rings (SSSR count). The number of anilines is 1. The minimum absolute atomic E-state index is 0.437. The average molecular weight is 235 g/mol. The number of furan rings is 1. The molecule has 0 saturated heterocycles. The summed E-state index contributed by atoms with van der Waals surface area (Å²) in [4.78, 5) is 0. The first-order chi connectivity index (χ1) is 7.74. The van der Waals surface area contributed by atoms with Crippen LogP contribution in [0.4, 0.5) is 5.69 Å². The number of nitrogens with zero attached hydrogens (tertiary/aromatic N) is 1. The molecule has 3 aromatic rings. The summed E-state index contributed by atoms with van der Waals surface area (Å²) >= 11 is 5.88. The fraction of sp³-hybridized carbons (Fsp3) is 0. The normalized spacial score (nSPS) is 11.1. The molecule has 0 radical (unpaired) electrons. The highest BCUT2D eigenvalue weighted by atomic mass is 35.5. The molecule has 0 aliphatic rings. The van der Waals surface area contributed by atoms with Crippen molar-refractivity contribution < 1.29 is 8.94 Å². The molecule has 1 aromatic carbocycles. The molecular formula is C11H7ClN2O2. The Bertz CT molecular complexity index is 657. The molecule has 80 valence electrons. The number of hydrogen-bond donors (Lipinski definition) is 1. The van der Waals surface area contributed by atoms with Crippen molar-refractivity contribution in [3.63, 3.8) is 0 Å². The number of fused-ring (bicyclic) bond motifs is 1. The van der Waals surface area contributed by atoms with Gasteiger partial charge in [0.25, 0.3) is 0 Å². The minimum Gasteiger partial charge on any atom is -0.453 e. The van der Waals surface area contributed by atoms with E-state index in [2.05, 4.69) is 5.16 Å². The van der Waals surface area contributed by atoms with Crippen molar-refractivity contribution >= 4 is 28.3 Å². The number of aromatic nitrogens is 1. The van der Waals surface area contributed by atoms with Crippen molar-refractivity contribution in [2.24, 2.45) is 0 Å². The maximum atomic E-state index is 5.88. The first-order valence-corrected chi connectivity index (χ1v) is 5.01.